The number of nitrogens with zero attached hydrogens (tertiary/aromatic N) is 1. The molecular weight excluding hydrogens is 364 g/mol. The maximum Gasteiger partial charge on any atom is 0.231 e. The second kappa shape index (κ2) is 7.08. The van der Waals surface area contributed by atoms with Gasteiger partial charge in [0.15, 0.2) is 5.76 Å². The quantitative estimate of drug-likeness (QED) is 0.629. The number of aromatic nitrogens is 1. The Morgan fingerprint density at radius 3 is 2.97 bits per heavy atom. The number of ether oxygens (including phenoxy) is 1. The second-order valence-electron chi connectivity index (χ2n) is 7.98. The number of aromatic amines is 1. The maximum atomic E-state index is 13.0. The summed E-state index contributed by atoms with van der Waals surface area (Å²) >= 11 is 0. The van der Waals surface area contributed by atoms with Crippen LogP contribution in [0, 0.1) is 0 Å². The maximum absolute atomic E-state index is 13.0. The minimum absolute atomic E-state index is 0.141. The predicted octanol–water partition coefficient (Wildman–Crippen LogP) is 4.86. The Morgan fingerprint density at radius 1 is 1.24 bits per heavy atom. The summed E-state index contributed by atoms with van der Waals surface area (Å²) in [6, 6.07) is 11.7. The van der Waals surface area contributed by atoms with Gasteiger partial charge in [0, 0.05) is 35.2 Å². The third-order valence-electron chi connectivity index (χ3n) is 6.13. The molecule has 2 aliphatic rings. The van der Waals surface area contributed by atoms with E-state index in [9.17, 15) is 9.90 Å². The van der Waals surface area contributed by atoms with E-state index in [2.05, 4.69) is 16.8 Å². The van der Waals surface area contributed by atoms with E-state index >= 15 is 0 Å². The van der Waals surface area contributed by atoms with Crippen LogP contribution in [0.2, 0.25) is 0 Å². The van der Waals surface area contributed by atoms with Crippen LogP contribution >= 0.6 is 0 Å². The van der Waals surface area contributed by atoms with Crippen LogP contribution in [0.5, 0.6) is 11.5 Å². The van der Waals surface area contributed by atoms with Gasteiger partial charge < -0.3 is 14.8 Å². The molecule has 0 aliphatic carbocycles. The highest BCUT2D eigenvalue weighted by Gasteiger charge is 2.32. The molecule has 5 rings (SSSR count). The summed E-state index contributed by atoms with van der Waals surface area (Å²) in [4.78, 5) is 18.6. The van der Waals surface area contributed by atoms with Gasteiger partial charge in [-0.1, -0.05) is 24.6 Å². The summed E-state index contributed by atoms with van der Waals surface area (Å²) in [5.74, 6) is 0.836. The molecule has 0 bridgehead atoms. The van der Waals surface area contributed by atoms with Crippen molar-refractivity contribution in [1.82, 2.24) is 9.88 Å². The molecular formula is C24H24N2O3. The van der Waals surface area contributed by atoms with Crippen LogP contribution in [0.25, 0.3) is 17.0 Å². The molecule has 0 spiro atoms. The number of piperidine rings is 1. The fraction of sp³-hybridized carbons (Fsp3) is 0.292. The van der Waals surface area contributed by atoms with E-state index in [1.165, 1.54) is 6.42 Å². The van der Waals surface area contributed by atoms with Gasteiger partial charge in [-0.2, -0.15) is 0 Å². The lowest BCUT2D eigenvalue weighted by Gasteiger charge is -2.33. The van der Waals surface area contributed by atoms with Crippen molar-refractivity contribution in [2.24, 2.45) is 0 Å². The minimum atomic E-state index is -0.141. The fourth-order valence-corrected chi connectivity index (χ4v) is 4.40. The standard InChI is InChI=1S/C24H24N2O3/c1-15-6-4-5-11-26(15)14-19-21(27)10-9-18-23(28)22(29-24(18)19)12-16-13-25-20-8-3-2-7-17(16)20/h2-3,7-10,12-13,15,25,27H,4-6,11,14H2,1H3/b22-12-/t15-/m0/s1. The first-order valence-electron chi connectivity index (χ1n) is 10.2. The van der Waals surface area contributed by atoms with Crippen molar-refractivity contribution in [3.05, 3.63) is 65.0 Å². The number of nitrogens with one attached hydrogen (secondary N) is 1. The SMILES string of the molecule is C[C@H]1CCCCN1Cc1c(O)ccc2c1O/C(=C\c1c[nH]c3ccccc13)C2=O. The summed E-state index contributed by atoms with van der Waals surface area (Å²) in [6.45, 7) is 3.80. The number of hydrogen-bond donors (Lipinski definition) is 2. The Bertz CT molecular complexity index is 1130. The van der Waals surface area contributed by atoms with Crippen molar-refractivity contribution < 1.29 is 14.6 Å². The van der Waals surface area contributed by atoms with Crippen molar-refractivity contribution in [1.29, 1.82) is 0 Å². The van der Waals surface area contributed by atoms with Gasteiger partial charge >= 0.3 is 0 Å². The topological polar surface area (TPSA) is 65.6 Å². The van der Waals surface area contributed by atoms with E-state index in [0.717, 1.165) is 35.9 Å². The van der Waals surface area contributed by atoms with E-state index in [1.807, 2.05) is 30.5 Å². The third-order valence-corrected chi connectivity index (χ3v) is 6.13. The number of aromatic hydroxyl groups is 1. The number of phenols is 1. The third kappa shape index (κ3) is 3.12. The number of ketones is 1. The molecule has 3 heterocycles. The van der Waals surface area contributed by atoms with Gasteiger partial charge in [0.2, 0.25) is 5.78 Å². The van der Waals surface area contributed by atoms with Crippen molar-refractivity contribution >= 4 is 22.8 Å². The number of H-pyrrole nitrogens is 1. The van der Waals surface area contributed by atoms with Crippen molar-refractivity contribution in [3.63, 3.8) is 0 Å². The van der Waals surface area contributed by atoms with E-state index < -0.39 is 0 Å². The summed E-state index contributed by atoms with van der Waals surface area (Å²) in [7, 11) is 0. The van der Waals surface area contributed by atoms with Crippen LogP contribution in [0.1, 0.15) is 47.7 Å². The van der Waals surface area contributed by atoms with Gasteiger partial charge in [-0.3, -0.25) is 9.69 Å². The van der Waals surface area contributed by atoms with E-state index in [4.69, 9.17) is 4.74 Å². The highest BCUT2D eigenvalue weighted by molar-refractivity contribution is 6.15. The molecule has 1 saturated heterocycles. The number of carbonyl (C=O) groups is 1. The molecule has 2 aliphatic heterocycles. The first-order valence-corrected chi connectivity index (χ1v) is 10.2. The van der Waals surface area contributed by atoms with Gasteiger partial charge in [0.05, 0.1) is 11.1 Å². The molecule has 2 aromatic carbocycles. The van der Waals surface area contributed by atoms with Crippen LogP contribution in [0.3, 0.4) is 0 Å². The fourth-order valence-electron chi connectivity index (χ4n) is 4.40. The van der Waals surface area contributed by atoms with Crippen LogP contribution < -0.4 is 4.74 Å². The Labute approximate surface area is 169 Å². The number of fused-ring (bicyclic) bond motifs is 2. The lowest BCUT2D eigenvalue weighted by Crippen LogP contribution is -2.36. The summed E-state index contributed by atoms with van der Waals surface area (Å²) in [5, 5.41) is 11.6. The molecule has 1 atom stereocenters. The highest BCUT2D eigenvalue weighted by Crippen LogP contribution is 2.41. The first kappa shape index (κ1) is 18.0. The van der Waals surface area contributed by atoms with Crippen LogP contribution in [-0.4, -0.2) is 33.4 Å². The van der Waals surface area contributed by atoms with Gasteiger partial charge in [0.25, 0.3) is 0 Å². The number of carbonyl (C=O) groups excluding carboxylic acids is 1. The Hall–Kier alpha value is -3.05. The Balaban J connectivity index is 1.50. The number of hydrogen-bond acceptors (Lipinski definition) is 4. The Kier molecular flexibility index (Phi) is 4.40. The van der Waals surface area contributed by atoms with Crippen molar-refractivity contribution in [2.45, 2.75) is 38.8 Å². The lowest BCUT2D eigenvalue weighted by atomic mass is 10.0. The molecule has 0 saturated carbocycles. The summed E-state index contributed by atoms with van der Waals surface area (Å²) in [6.07, 6.45) is 7.21. The second-order valence-corrected chi connectivity index (χ2v) is 7.98. The van der Waals surface area contributed by atoms with E-state index in [0.29, 0.717) is 35.2 Å². The summed E-state index contributed by atoms with van der Waals surface area (Å²) < 4.78 is 6.04. The van der Waals surface area contributed by atoms with Crippen LogP contribution in [0.4, 0.5) is 0 Å². The Morgan fingerprint density at radius 2 is 2.10 bits per heavy atom. The van der Waals surface area contributed by atoms with Crippen molar-refractivity contribution in [3.8, 4) is 11.5 Å². The number of para-hydroxylation sites is 1. The number of likely N-dealkylation sites (tertiary alicyclic amines) is 1. The average molecular weight is 388 g/mol. The monoisotopic (exact) mass is 388 g/mol. The first-order chi connectivity index (χ1) is 14.1. The summed E-state index contributed by atoms with van der Waals surface area (Å²) in [5.41, 5.74) is 3.15. The molecule has 1 fully saturated rings. The molecule has 29 heavy (non-hydrogen) atoms. The number of Topliss-reactive ketones (excluding diaryl/α,β-unsaturated/α-hetero) is 1. The van der Waals surface area contributed by atoms with Crippen LogP contribution in [-0.2, 0) is 6.54 Å². The molecule has 5 nitrogen and oxygen atoms in total. The van der Waals surface area contributed by atoms with Crippen molar-refractivity contribution in [2.75, 3.05) is 6.54 Å². The number of benzene rings is 2. The normalized spacial score (nSPS) is 20.9. The molecule has 0 amide bonds. The van der Waals surface area contributed by atoms with Gasteiger partial charge in [-0.15, -0.1) is 0 Å². The number of phenolic OH excluding ortho intramolecular Hbond substituents is 1. The van der Waals surface area contributed by atoms with Gasteiger partial charge in [-0.25, -0.2) is 0 Å². The zero-order valence-corrected chi connectivity index (χ0v) is 16.4. The molecule has 3 aromatic rings. The highest BCUT2D eigenvalue weighted by atomic mass is 16.5. The van der Waals surface area contributed by atoms with Gasteiger partial charge in [0.1, 0.15) is 11.5 Å². The molecule has 5 heteroatoms. The predicted molar refractivity (Wildman–Crippen MR) is 113 cm³/mol. The lowest BCUT2D eigenvalue weighted by molar-refractivity contribution is 0.101. The molecule has 148 valence electrons. The molecule has 0 unspecified atom stereocenters. The van der Waals surface area contributed by atoms with Gasteiger partial charge in [-0.05, 0) is 50.6 Å². The average Bonchev–Trinajstić information content (AvgIpc) is 3.28. The largest absolute Gasteiger partial charge is 0.507 e. The molecule has 1 aromatic heterocycles. The zero-order chi connectivity index (χ0) is 20.0. The minimum Gasteiger partial charge on any atom is -0.507 e. The number of allylic oxidation sites excluding steroid dienone is 1. The zero-order valence-electron chi connectivity index (χ0n) is 16.4. The van der Waals surface area contributed by atoms with E-state index in [1.54, 1.807) is 18.2 Å². The molecule has 0 radical (unpaired) electrons. The van der Waals surface area contributed by atoms with E-state index in [-0.39, 0.29) is 11.5 Å². The van der Waals surface area contributed by atoms with Crippen LogP contribution in [0.15, 0.2) is 48.4 Å². The smallest absolute Gasteiger partial charge is 0.231 e. The molecule has 2 N–H and O–H groups in total. The number of rotatable bonds is 3.